The van der Waals surface area contributed by atoms with Crippen molar-refractivity contribution >= 4 is 22.8 Å². The molecule has 0 aliphatic rings. The molecule has 0 heterocycles. The summed E-state index contributed by atoms with van der Waals surface area (Å²) in [6.45, 7) is 0. The normalized spacial score (nSPS) is 11.8. The maximum Gasteiger partial charge on any atom is 0.407 e. The zero-order valence-corrected chi connectivity index (χ0v) is 11.0. The molecule has 0 aliphatic heterocycles. The molecule has 0 bridgehead atoms. The number of rotatable bonds is 4. The van der Waals surface area contributed by atoms with Gasteiger partial charge in [-0.15, -0.1) is 0 Å². The molecule has 0 aliphatic carbocycles. The van der Waals surface area contributed by atoms with Crippen LogP contribution in [-0.4, -0.2) is 30.3 Å². The van der Waals surface area contributed by atoms with E-state index in [2.05, 4.69) is 10.1 Å². The minimum atomic E-state index is -1.09. The van der Waals surface area contributed by atoms with Crippen LogP contribution in [0.3, 0.4) is 0 Å². The number of carboxylic acid groups (broad SMARTS) is 1. The lowest BCUT2D eigenvalue weighted by atomic mass is 10.0. The monoisotopic (exact) mass is 273 g/mol. The number of hydrogen-bond acceptors (Lipinski definition) is 3. The number of fused-ring (bicyclic) bond motifs is 1. The van der Waals surface area contributed by atoms with Gasteiger partial charge < -0.3 is 15.2 Å². The Bertz CT molecular complexity index is 639. The van der Waals surface area contributed by atoms with Gasteiger partial charge in [-0.2, -0.15) is 0 Å². The number of aliphatic carboxylic acids is 1. The van der Waals surface area contributed by atoms with E-state index < -0.39 is 18.1 Å². The third-order valence-electron chi connectivity index (χ3n) is 3.03. The van der Waals surface area contributed by atoms with Gasteiger partial charge in [0.25, 0.3) is 0 Å². The standard InChI is InChI=1S/C15H15NO4/c1-20-15(19)16-13(14(17)18)9-10-6-7-11-4-2-3-5-12(11)8-10/h2-8,13H,9H2,1H3,(H,16,19)(H,17,18)/t13-/m0/s1. The Hall–Kier alpha value is -2.56. The first kappa shape index (κ1) is 13.9. The number of methoxy groups -OCH3 is 1. The number of carboxylic acids is 1. The van der Waals surface area contributed by atoms with E-state index in [1.165, 1.54) is 7.11 Å². The van der Waals surface area contributed by atoms with Gasteiger partial charge in [0, 0.05) is 6.42 Å². The average molecular weight is 273 g/mol. The van der Waals surface area contributed by atoms with Gasteiger partial charge in [0.2, 0.25) is 0 Å². The van der Waals surface area contributed by atoms with Gasteiger partial charge in [-0.25, -0.2) is 9.59 Å². The number of ether oxygens (including phenoxy) is 1. The summed E-state index contributed by atoms with van der Waals surface area (Å²) in [4.78, 5) is 22.3. The van der Waals surface area contributed by atoms with Gasteiger partial charge in [-0.3, -0.25) is 0 Å². The van der Waals surface area contributed by atoms with Crippen LogP contribution in [0.5, 0.6) is 0 Å². The fourth-order valence-corrected chi connectivity index (χ4v) is 2.00. The highest BCUT2D eigenvalue weighted by Gasteiger charge is 2.20. The zero-order valence-electron chi connectivity index (χ0n) is 11.0. The molecule has 2 aromatic carbocycles. The Morgan fingerprint density at radius 3 is 2.55 bits per heavy atom. The second-order valence-corrected chi connectivity index (χ2v) is 4.41. The lowest BCUT2D eigenvalue weighted by Crippen LogP contribution is -2.42. The third kappa shape index (κ3) is 3.26. The highest BCUT2D eigenvalue weighted by Crippen LogP contribution is 2.16. The van der Waals surface area contributed by atoms with E-state index in [1.54, 1.807) is 0 Å². The first-order valence-electron chi connectivity index (χ1n) is 6.15. The van der Waals surface area contributed by atoms with Crippen molar-refractivity contribution < 1.29 is 19.4 Å². The van der Waals surface area contributed by atoms with Crippen LogP contribution in [-0.2, 0) is 16.0 Å². The summed E-state index contributed by atoms with van der Waals surface area (Å²) < 4.78 is 4.43. The average Bonchev–Trinajstić information content (AvgIpc) is 2.46. The van der Waals surface area contributed by atoms with Gasteiger partial charge in [-0.1, -0.05) is 42.5 Å². The van der Waals surface area contributed by atoms with Gasteiger partial charge in [0.05, 0.1) is 7.11 Å². The first-order chi connectivity index (χ1) is 9.60. The van der Waals surface area contributed by atoms with E-state index in [-0.39, 0.29) is 6.42 Å². The van der Waals surface area contributed by atoms with Gasteiger partial charge >= 0.3 is 12.1 Å². The number of nitrogens with one attached hydrogen (secondary N) is 1. The molecule has 0 radical (unpaired) electrons. The summed E-state index contributed by atoms with van der Waals surface area (Å²) in [5.41, 5.74) is 0.840. The van der Waals surface area contributed by atoms with Crippen LogP contribution in [0.15, 0.2) is 42.5 Å². The number of carbonyl (C=O) groups excluding carboxylic acids is 1. The number of benzene rings is 2. The molecule has 0 unspecified atom stereocenters. The van der Waals surface area contributed by atoms with Crippen LogP contribution in [0.2, 0.25) is 0 Å². The fourth-order valence-electron chi connectivity index (χ4n) is 2.00. The molecule has 2 rings (SSSR count). The summed E-state index contributed by atoms with van der Waals surface area (Å²) in [6, 6.07) is 12.5. The minimum absolute atomic E-state index is 0.204. The molecule has 20 heavy (non-hydrogen) atoms. The summed E-state index contributed by atoms with van der Waals surface area (Å²) in [6.07, 6.45) is -0.548. The highest BCUT2D eigenvalue weighted by molar-refractivity contribution is 5.84. The Morgan fingerprint density at radius 1 is 1.20 bits per heavy atom. The van der Waals surface area contributed by atoms with Gasteiger partial charge in [0.15, 0.2) is 0 Å². The predicted molar refractivity (Wildman–Crippen MR) is 74.6 cm³/mol. The van der Waals surface area contributed by atoms with E-state index in [9.17, 15) is 9.59 Å². The van der Waals surface area contributed by atoms with Crippen molar-refractivity contribution in [3.8, 4) is 0 Å². The molecule has 5 heteroatoms. The van der Waals surface area contributed by atoms with E-state index in [0.29, 0.717) is 0 Å². The smallest absolute Gasteiger partial charge is 0.407 e. The molecule has 2 aromatic rings. The van der Waals surface area contributed by atoms with Gasteiger partial charge in [0.1, 0.15) is 6.04 Å². The van der Waals surface area contributed by atoms with Crippen molar-refractivity contribution in [3.05, 3.63) is 48.0 Å². The summed E-state index contributed by atoms with van der Waals surface area (Å²) in [7, 11) is 1.20. The van der Waals surface area contributed by atoms with Crippen molar-refractivity contribution in [1.82, 2.24) is 5.32 Å². The topological polar surface area (TPSA) is 75.6 Å². The Kier molecular flexibility index (Phi) is 4.20. The molecule has 1 amide bonds. The minimum Gasteiger partial charge on any atom is -0.480 e. The number of carbonyl (C=O) groups is 2. The molecule has 0 fully saturated rings. The van der Waals surface area contributed by atoms with E-state index in [0.717, 1.165) is 16.3 Å². The lowest BCUT2D eigenvalue weighted by molar-refractivity contribution is -0.139. The summed E-state index contributed by atoms with van der Waals surface area (Å²) in [5.74, 6) is -1.09. The Morgan fingerprint density at radius 2 is 1.90 bits per heavy atom. The quantitative estimate of drug-likeness (QED) is 0.895. The third-order valence-corrected chi connectivity index (χ3v) is 3.03. The van der Waals surface area contributed by atoms with E-state index >= 15 is 0 Å². The molecule has 0 aromatic heterocycles. The molecule has 1 atom stereocenters. The SMILES string of the molecule is COC(=O)N[C@@H](Cc1ccc2ccccc2c1)C(=O)O. The summed E-state index contributed by atoms with van der Waals surface area (Å²) in [5, 5.41) is 13.5. The maximum absolute atomic E-state index is 11.1. The van der Waals surface area contributed by atoms with Crippen molar-refractivity contribution in [2.45, 2.75) is 12.5 Å². The predicted octanol–water partition coefficient (Wildman–Crippen LogP) is 2.19. The molecule has 104 valence electrons. The number of alkyl carbamates (subject to hydrolysis) is 1. The molecule has 0 saturated heterocycles. The van der Waals surface area contributed by atoms with Crippen LogP contribution >= 0.6 is 0 Å². The molecule has 5 nitrogen and oxygen atoms in total. The van der Waals surface area contributed by atoms with Crippen molar-refractivity contribution in [3.63, 3.8) is 0 Å². The maximum atomic E-state index is 11.1. The fraction of sp³-hybridized carbons (Fsp3) is 0.200. The molecular weight excluding hydrogens is 258 g/mol. The van der Waals surface area contributed by atoms with Crippen molar-refractivity contribution in [2.24, 2.45) is 0 Å². The first-order valence-corrected chi connectivity index (χ1v) is 6.15. The largest absolute Gasteiger partial charge is 0.480 e. The van der Waals surface area contributed by atoms with Crippen LogP contribution in [0, 0.1) is 0 Å². The molecule has 2 N–H and O–H groups in total. The second-order valence-electron chi connectivity index (χ2n) is 4.41. The Balaban J connectivity index is 2.19. The summed E-state index contributed by atoms with van der Waals surface area (Å²) >= 11 is 0. The van der Waals surface area contributed by atoms with Gasteiger partial charge in [-0.05, 0) is 16.3 Å². The van der Waals surface area contributed by atoms with Crippen molar-refractivity contribution in [1.29, 1.82) is 0 Å². The highest BCUT2D eigenvalue weighted by atomic mass is 16.5. The molecule has 0 saturated carbocycles. The molecule has 0 spiro atoms. The second kappa shape index (κ2) is 6.06. The zero-order chi connectivity index (χ0) is 14.5. The van der Waals surface area contributed by atoms with Crippen LogP contribution in [0.4, 0.5) is 4.79 Å². The van der Waals surface area contributed by atoms with E-state index in [1.807, 2.05) is 42.5 Å². The van der Waals surface area contributed by atoms with Crippen LogP contribution < -0.4 is 5.32 Å². The number of amides is 1. The van der Waals surface area contributed by atoms with E-state index in [4.69, 9.17) is 5.11 Å². The number of hydrogen-bond donors (Lipinski definition) is 2. The van der Waals surface area contributed by atoms with Crippen molar-refractivity contribution in [2.75, 3.05) is 7.11 Å². The lowest BCUT2D eigenvalue weighted by Gasteiger charge is -2.14. The van der Waals surface area contributed by atoms with Crippen LogP contribution in [0.25, 0.3) is 10.8 Å². The van der Waals surface area contributed by atoms with Crippen LogP contribution in [0.1, 0.15) is 5.56 Å². The Labute approximate surface area is 116 Å². The molecular formula is C15H15NO4.